The van der Waals surface area contributed by atoms with Gasteiger partial charge < -0.3 is 0 Å². The monoisotopic (exact) mass is 766 g/mol. The first kappa shape index (κ1) is 33.1. The lowest BCUT2D eigenvalue weighted by Crippen LogP contribution is -2.20. The maximum atomic E-state index is 13.1. The molecule has 0 bridgehead atoms. The lowest BCUT2D eigenvalue weighted by Gasteiger charge is -2.21. The van der Waals surface area contributed by atoms with E-state index in [-0.39, 0.29) is 68.5 Å². The number of carbonyl (C=O) groups excluding carboxylic acids is 2. The van der Waals surface area contributed by atoms with Gasteiger partial charge in [-0.05, 0) is 60.7 Å². The van der Waals surface area contributed by atoms with Gasteiger partial charge in [0.1, 0.15) is 9.79 Å². The fourth-order valence-corrected chi connectivity index (χ4v) is 11.2. The van der Waals surface area contributed by atoms with Gasteiger partial charge >= 0.3 is 0 Å². The minimum Gasteiger partial charge on any atom is -0.289 e. The second-order valence-corrected chi connectivity index (χ2v) is 16.5. The molecule has 2 aliphatic heterocycles. The van der Waals surface area contributed by atoms with Gasteiger partial charge in [-0.2, -0.15) is 0 Å². The number of hydrogen-bond acceptors (Lipinski definition) is 7. The highest BCUT2D eigenvalue weighted by Gasteiger charge is 2.38. The van der Waals surface area contributed by atoms with Crippen molar-refractivity contribution in [2.75, 3.05) is 0 Å². The summed E-state index contributed by atoms with van der Waals surface area (Å²) >= 11 is 31.7. The molecular weight excluding hydrogens is 754 g/mol. The standard InChI is InChI=1S/C19H9Cl3O3S2.C13H6Cl2O3S/c20-12-5-3-6-13(16(12)21)26-14-9-8-11-18(23)10-4-1-2-7-15(10)27(24,25)19(11)17(14)22;14-9-6-5-8-12(16)7-3-1-2-4-10(7)19(17,18)13(8)11(9)15/h1-9H;1-6H. The molecule has 2 aliphatic rings. The predicted octanol–water partition coefficient (Wildman–Crippen LogP) is 9.55. The van der Waals surface area contributed by atoms with Crippen LogP contribution in [0.1, 0.15) is 31.8 Å². The summed E-state index contributed by atoms with van der Waals surface area (Å²) in [5.41, 5.74) is 0.445. The molecule has 0 aromatic heterocycles. The maximum Gasteiger partial charge on any atom is 0.209 e. The summed E-state index contributed by atoms with van der Waals surface area (Å²) in [6.07, 6.45) is 0. The first-order valence-corrected chi connectivity index (χ1v) is 18.6. The van der Waals surface area contributed by atoms with Crippen molar-refractivity contribution in [2.24, 2.45) is 0 Å². The third kappa shape index (κ3) is 5.37. The Bertz CT molecular complexity index is 2370. The molecule has 5 aromatic rings. The summed E-state index contributed by atoms with van der Waals surface area (Å²) in [5.74, 6) is -0.728. The highest BCUT2D eigenvalue weighted by Crippen LogP contribution is 2.46. The minimum absolute atomic E-state index is 0.00334. The van der Waals surface area contributed by atoms with Crippen molar-refractivity contribution < 1.29 is 26.4 Å². The van der Waals surface area contributed by atoms with Crippen LogP contribution in [0.15, 0.2) is 120 Å². The Labute approximate surface area is 293 Å². The number of ketones is 2. The van der Waals surface area contributed by atoms with Crippen molar-refractivity contribution in [2.45, 2.75) is 29.4 Å². The molecule has 0 unspecified atom stereocenters. The fraction of sp³-hybridized carbons (Fsp3) is 0. The van der Waals surface area contributed by atoms with Crippen LogP contribution in [0.3, 0.4) is 0 Å². The van der Waals surface area contributed by atoms with Crippen LogP contribution >= 0.6 is 69.8 Å². The number of rotatable bonds is 2. The van der Waals surface area contributed by atoms with Crippen molar-refractivity contribution in [3.05, 3.63) is 138 Å². The molecule has 6 nitrogen and oxygen atoms in total. The topological polar surface area (TPSA) is 102 Å². The zero-order chi connectivity index (χ0) is 33.1. The van der Waals surface area contributed by atoms with Gasteiger partial charge in [0, 0.05) is 32.0 Å². The summed E-state index contributed by atoms with van der Waals surface area (Å²) in [6, 6.07) is 23.2. The summed E-state index contributed by atoms with van der Waals surface area (Å²) < 4.78 is 51.2. The summed E-state index contributed by atoms with van der Waals surface area (Å²) in [4.78, 5) is 25.7. The molecule has 232 valence electrons. The summed E-state index contributed by atoms with van der Waals surface area (Å²) in [6.45, 7) is 0. The van der Waals surface area contributed by atoms with Crippen LogP contribution in [0.4, 0.5) is 0 Å². The largest absolute Gasteiger partial charge is 0.289 e. The Balaban J connectivity index is 0.000000172. The lowest BCUT2D eigenvalue weighted by molar-refractivity contribution is 0.102. The maximum absolute atomic E-state index is 13.1. The van der Waals surface area contributed by atoms with E-state index in [9.17, 15) is 26.4 Å². The molecule has 0 amide bonds. The quantitative estimate of drug-likeness (QED) is 0.173. The van der Waals surface area contributed by atoms with Crippen molar-refractivity contribution >= 4 is 101 Å². The van der Waals surface area contributed by atoms with Crippen molar-refractivity contribution in [1.29, 1.82) is 0 Å². The van der Waals surface area contributed by atoms with E-state index in [2.05, 4.69) is 0 Å². The second-order valence-electron chi connectivity index (χ2n) is 9.80. The molecule has 0 saturated carbocycles. The van der Waals surface area contributed by atoms with E-state index in [1.54, 1.807) is 48.5 Å². The average molecular weight is 769 g/mol. The van der Waals surface area contributed by atoms with Crippen LogP contribution in [-0.2, 0) is 19.7 Å². The zero-order valence-corrected chi connectivity index (χ0v) is 29.0. The van der Waals surface area contributed by atoms with Gasteiger partial charge in [-0.25, -0.2) is 16.8 Å². The molecule has 14 heteroatoms. The summed E-state index contributed by atoms with van der Waals surface area (Å²) in [7, 11) is -7.75. The Hall–Kier alpha value is -2.86. The van der Waals surface area contributed by atoms with E-state index in [1.165, 1.54) is 54.2 Å². The van der Waals surface area contributed by atoms with Crippen LogP contribution in [0, 0.1) is 0 Å². The molecule has 0 atom stereocenters. The Morgan fingerprint density at radius 2 is 0.891 bits per heavy atom. The van der Waals surface area contributed by atoms with E-state index in [0.29, 0.717) is 19.8 Å². The second kappa shape index (κ2) is 12.3. The average Bonchev–Trinajstić information content (AvgIpc) is 3.03. The molecule has 0 spiro atoms. The Morgan fingerprint density at radius 3 is 1.46 bits per heavy atom. The van der Waals surface area contributed by atoms with Gasteiger partial charge in [-0.15, -0.1) is 0 Å². The lowest BCUT2D eigenvalue weighted by atomic mass is 10.0. The number of carbonyl (C=O) groups is 2. The molecule has 0 fully saturated rings. The van der Waals surface area contributed by atoms with Crippen LogP contribution in [0.2, 0.25) is 25.1 Å². The molecular formula is C32H15Cl5O6S3. The number of benzene rings is 5. The molecule has 0 N–H and O–H groups in total. The third-order valence-electron chi connectivity index (χ3n) is 7.12. The minimum atomic E-state index is -3.92. The number of hydrogen-bond donors (Lipinski definition) is 0. The third-order valence-corrected chi connectivity index (χ3v) is 14.5. The van der Waals surface area contributed by atoms with E-state index in [1.807, 2.05) is 0 Å². The van der Waals surface area contributed by atoms with Crippen LogP contribution in [-0.4, -0.2) is 28.4 Å². The van der Waals surface area contributed by atoms with Gasteiger partial charge in [0.05, 0.1) is 34.9 Å². The van der Waals surface area contributed by atoms with Crippen molar-refractivity contribution in [1.82, 2.24) is 0 Å². The summed E-state index contributed by atoms with van der Waals surface area (Å²) in [5, 5.41) is 0.726. The van der Waals surface area contributed by atoms with Crippen LogP contribution < -0.4 is 0 Å². The normalized spacial score (nSPS) is 15.1. The predicted molar refractivity (Wildman–Crippen MR) is 179 cm³/mol. The number of fused-ring (bicyclic) bond motifs is 4. The Kier molecular flexibility index (Phi) is 8.84. The van der Waals surface area contributed by atoms with Gasteiger partial charge in [-0.3, -0.25) is 9.59 Å². The van der Waals surface area contributed by atoms with Crippen LogP contribution in [0.25, 0.3) is 0 Å². The first-order chi connectivity index (χ1) is 21.8. The van der Waals surface area contributed by atoms with E-state index in [4.69, 9.17) is 58.0 Å². The SMILES string of the molecule is O=C1c2ccccc2S(=O)(=O)c2c1ccc(Cl)c2Cl.O=C1c2ccccc2S(=O)(=O)c2c1ccc(Sc1cccc(Cl)c1Cl)c2Cl. The van der Waals surface area contributed by atoms with Crippen molar-refractivity contribution in [3.63, 3.8) is 0 Å². The molecule has 0 radical (unpaired) electrons. The van der Waals surface area contributed by atoms with Crippen LogP contribution in [0.5, 0.6) is 0 Å². The number of halogens is 5. The molecule has 0 aliphatic carbocycles. The highest BCUT2D eigenvalue weighted by atomic mass is 35.5. The smallest absolute Gasteiger partial charge is 0.209 e. The molecule has 0 saturated heterocycles. The van der Waals surface area contributed by atoms with Gasteiger partial charge in [0.25, 0.3) is 0 Å². The molecule has 2 heterocycles. The zero-order valence-electron chi connectivity index (χ0n) is 22.7. The molecule has 46 heavy (non-hydrogen) atoms. The van der Waals surface area contributed by atoms with E-state index < -0.39 is 19.7 Å². The van der Waals surface area contributed by atoms with Gasteiger partial charge in [0.15, 0.2) is 11.6 Å². The van der Waals surface area contributed by atoms with E-state index in [0.717, 1.165) is 0 Å². The highest BCUT2D eigenvalue weighted by molar-refractivity contribution is 7.99. The molecule has 7 rings (SSSR count). The van der Waals surface area contributed by atoms with Gasteiger partial charge in [-0.1, -0.05) is 100 Å². The number of sulfone groups is 2. The molecule has 5 aromatic carbocycles. The van der Waals surface area contributed by atoms with Gasteiger partial charge in [0.2, 0.25) is 19.7 Å². The fourth-order valence-electron chi connectivity index (χ4n) is 5.00. The van der Waals surface area contributed by atoms with Crippen molar-refractivity contribution in [3.8, 4) is 0 Å². The Morgan fingerprint density at radius 1 is 0.435 bits per heavy atom. The first-order valence-electron chi connectivity index (χ1n) is 13.0. The van der Waals surface area contributed by atoms with E-state index >= 15 is 0 Å².